The quantitative estimate of drug-likeness (QED) is 0.878. The SMILES string of the molecule is CC(C)c1nsc(NCc2ccncn2)n1. The molecule has 2 rings (SSSR count). The minimum atomic E-state index is 0.367. The lowest BCUT2D eigenvalue weighted by molar-refractivity contribution is 0.799. The summed E-state index contributed by atoms with van der Waals surface area (Å²) < 4.78 is 4.26. The first-order valence-corrected chi connectivity index (χ1v) is 5.85. The Bertz CT molecular complexity index is 439. The second-order valence-electron chi connectivity index (χ2n) is 3.67. The molecular formula is C10H13N5S. The van der Waals surface area contributed by atoms with Crippen LogP contribution in [0.25, 0.3) is 0 Å². The average Bonchev–Trinajstić information content (AvgIpc) is 2.76. The number of anilines is 1. The Morgan fingerprint density at radius 3 is 2.94 bits per heavy atom. The van der Waals surface area contributed by atoms with E-state index in [0.29, 0.717) is 12.5 Å². The molecule has 0 fully saturated rings. The van der Waals surface area contributed by atoms with Crippen molar-refractivity contribution in [1.82, 2.24) is 19.3 Å². The summed E-state index contributed by atoms with van der Waals surface area (Å²) >= 11 is 1.38. The third-order valence-electron chi connectivity index (χ3n) is 2.02. The second-order valence-corrected chi connectivity index (χ2v) is 4.42. The summed E-state index contributed by atoms with van der Waals surface area (Å²) in [6.07, 6.45) is 3.26. The number of hydrogen-bond donors (Lipinski definition) is 1. The van der Waals surface area contributed by atoms with Crippen LogP contribution in [0, 0.1) is 0 Å². The maximum Gasteiger partial charge on any atom is 0.202 e. The van der Waals surface area contributed by atoms with E-state index in [2.05, 4.69) is 38.5 Å². The zero-order valence-electron chi connectivity index (χ0n) is 9.21. The summed E-state index contributed by atoms with van der Waals surface area (Å²) in [5.74, 6) is 1.25. The maximum absolute atomic E-state index is 4.38. The number of aromatic nitrogens is 4. The highest BCUT2D eigenvalue weighted by Crippen LogP contribution is 2.17. The van der Waals surface area contributed by atoms with E-state index >= 15 is 0 Å². The largest absolute Gasteiger partial charge is 0.355 e. The van der Waals surface area contributed by atoms with Gasteiger partial charge in [0.15, 0.2) is 0 Å². The van der Waals surface area contributed by atoms with E-state index in [-0.39, 0.29) is 0 Å². The molecule has 0 saturated carbocycles. The van der Waals surface area contributed by atoms with Gasteiger partial charge in [0.05, 0.1) is 12.2 Å². The predicted octanol–water partition coefficient (Wildman–Crippen LogP) is 2.06. The van der Waals surface area contributed by atoms with Crippen molar-refractivity contribution >= 4 is 16.7 Å². The minimum Gasteiger partial charge on any atom is -0.355 e. The zero-order chi connectivity index (χ0) is 11.4. The lowest BCUT2D eigenvalue weighted by atomic mass is 10.2. The van der Waals surface area contributed by atoms with Gasteiger partial charge < -0.3 is 5.32 Å². The molecule has 0 aliphatic heterocycles. The molecule has 2 aromatic rings. The van der Waals surface area contributed by atoms with Crippen molar-refractivity contribution in [3.63, 3.8) is 0 Å². The molecule has 0 amide bonds. The standard InChI is InChI=1S/C10H13N5S/c1-7(2)9-14-10(16-15-9)12-5-8-3-4-11-6-13-8/h3-4,6-7H,5H2,1-2H3,(H,12,14,15). The van der Waals surface area contributed by atoms with Crippen molar-refractivity contribution < 1.29 is 0 Å². The smallest absolute Gasteiger partial charge is 0.202 e. The summed E-state index contributed by atoms with van der Waals surface area (Å²) in [6, 6.07) is 1.87. The van der Waals surface area contributed by atoms with Crippen LogP contribution in [0.2, 0.25) is 0 Å². The highest BCUT2D eigenvalue weighted by molar-refractivity contribution is 7.09. The van der Waals surface area contributed by atoms with Gasteiger partial charge in [0, 0.05) is 23.6 Å². The van der Waals surface area contributed by atoms with Gasteiger partial charge in [-0.15, -0.1) is 0 Å². The summed E-state index contributed by atoms with van der Waals surface area (Å²) in [4.78, 5) is 12.4. The molecule has 0 saturated heterocycles. The molecule has 0 aliphatic carbocycles. The number of hydrogen-bond acceptors (Lipinski definition) is 6. The summed E-state index contributed by atoms with van der Waals surface area (Å²) in [6.45, 7) is 4.81. The van der Waals surface area contributed by atoms with Crippen LogP contribution in [0.5, 0.6) is 0 Å². The molecular weight excluding hydrogens is 222 g/mol. The molecule has 0 bridgehead atoms. The van der Waals surface area contributed by atoms with Crippen LogP contribution >= 0.6 is 11.5 Å². The Balaban J connectivity index is 1.95. The first-order valence-electron chi connectivity index (χ1n) is 5.08. The van der Waals surface area contributed by atoms with Crippen molar-refractivity contribution in [1.29, 1.82) is 0 Å². The lowest BCUT2D eigenvalue weighted by Gasteiger charge is -2.00. The monoisotopic (exact) mass is 235 g/mol. The van der Waals surface area contributed by atoms with Gasteiger partial charge in [0.2, 0.25) is 5.13 Å². The highest BCUT2D eigenvalue weighted by Gasteiger charge is 2.06. The highest BCUT2D eigenvalue weighted by atomic mass is 32.1. The molecule has 0 aromatic carbocycles. The van der Waals surface area contributed by atoms with Gasteiger partial charge in [0.1, 0.15) is 12.2 Å². The molecule has 84 valence electrons. The third-order valence-corrected chi connectivity index (χ3v) is 2.71. The Labute approximate surface area is 98.2 Å². The Hall–Kier alpha value is -1.56. The van der Waals surface area contributed by atoms with Crippen LogP contribution in [-0.4, -0.2) is 19.3 Å². The Kier molecular flexibility index (Phi) is 3.40. The molecule has 0 unspecified atom stereocenters. The molecule has 5 nitrogen and oxygen atoms in total. The van der Waals surface area contributed by atoms with Gasteiger partial charge in [-0.3, -0.25) is 0 Å². The summed E-state index contributed by atoms with van der Waals surface area (Å²) in [5.41, 5.74) is 0.941. The molecule has 0 aliphatic rings. The van der Waals surface area contributed by atoms with Crippen LogP contribution < -0.4 is 5.32 Å². The summed E-state index contributed by atoms with van der Waals surface area (Å²) in [7, 11) is 0. The number of nitrogens with one attached hydrogen (secondary N) is 1. The summed E-state index contributed by atoms with van der Waals surface area (Å²) in [5, 5.41) is 4.03. The first-order chi connectivity index (χ1) is 7.75. The fraction of sp³-hybridized carbons (Fsp3) is 0.400. The van der Waals surface area contributed by atoms with Gasteiger partial charge in [-0.2, -0.15) is 4.37 Å². The van der Waals surface area contributed by atoms with Crippen molar-refractivity contribution in [2.45, 2.75) is 26.3 Å². The topological polar surface area (TPSA) is 63.6 Å². The number of nitrogens with zero attached hydrogens (tertiary/aromatic N) is 4. The fourth-order valence-electron chi connectivity index (χ4n) is 1.13. The van der Waals surface area contributed by atoms with E-state index in [1.54, 1.807) is 6.20 Å². The molecule has 0 atom stereocenters. The first kappa shape index (κ1) is 10.9. The van der Waals surface area contributed by atoms with E-state index in [4.69, 9.17) is 0 Å². The molecule has 2 aromatic heterocycles. The van der Waals surface area contributed by atoms with Crippen LogP contribution in [0.4, 0.5) is 5.13 Å². The normalized spacial score (nSPS) is 10.7. The van der Waals surface area contributed by atoms with Crippen molar-refractivity contribution in [2.24, 2.45) is 0 Å². The van der Waals surface area contributed by atoms with Gasteiger partial charge in [-0.05, 0) is 6.07 Å². The second kappa shape index (κ2) is 4.98. The minimum absolute atomic E-state index is 0.367. The van der Waals surface area contributed by atoms with Crippen LogP contribution in [0.15, 0.2) is 18.6 Å². The predicted molar refractivity (Wildman–Crippen MR) is 63.4 cm³/mol. The average molecular weight is 235 g/mol. The van der Waals surface area contributed by atoms with E-state index in [1.165, 1.54) is 17.9 Å². The lowest BCUT2D eigenvalue weighted by Crippen LogP contribution is -2.01. The Morgan fingerprint density at radius 1 is 1.44 bits per heavy atom. The Morgan fingerprint density at radius 2 is 2.31 bits per heavy atom. The number of rotatable bonds is 4. The van der Waals surface area contributed by atoms with E-state index in [9.17, 15) is 0 Å². The molecule has 6 heteroatoms. The van der Waals surface area contributed by atoms with Crippen LogP contribution in [0.3, 0.4) is 0 Å². The van der Waals surface area contributed by atoms with Crippen LogP contribution in [0.1, 0.15) is 31.3 Å². The van der Waals surface area contributed by atoms with Gasteiger partial charge in [-0.1, -0.05) is 13.8 Å². The fourth-order valence-corrected chi connectivity index (χ4v) is 1.83. The van der Waals surface area contributed by atoms with Crippen molar-refractivity contribution in [3.8, 4) is 0 Å². The zero-order valence-corrected chi connectivity index (χ0v) is 10.0. The molecule has 1 N–H and O–H groups in total. The van der Waals surface area contributed by atoms with E-state index in [0.717, 1.165) is 16.6 Å². The maximum atomic E-state index is 4.38. The van der Waals surface area contributed by atoms with E-state index < -0.39 is 0 Å². The van der Waals surface area contributed by atoms with Crippen LogP contribution in [-0.2, 0) is 6.54 Å². The van der Waals surface area contributed by atoms with Crippen molar-refractivity contribution in [2.75, 3.05) is 5.32 Å². The van der Waals surface area contributed by atoms with Gasteiger partial charge in [0.25, 0.3) is 0 Å². The van der Waals surface area contributed by atoms with Crippen molar-refractivity contribution in [3.05, 3.63) is 30.1 Å². The van der Waals surface area contributed by atoms with Gasteiger partial charge >= 0.3 is 0 Å². The molecule has 0 spiro atoms. The van der Waals surface area contributed by atoms with Gasteiger partial charge in [-0.25, -0.2) is 15.0 Å². The molecule has 2 heterocycles. The third kappa shape index (κ3) is 2.73. The molecule has 16 heavy (non-hydrogen) atoms. The van der Waals surface area contributed by atoms with E-state index in [1.807, 2.05) is 6.07 Å². The molecule has 0 radical (unpaired) electrons.